The van der Waals surface area contributed by atoms with Gasteiger partial charge in [-0.1, -0.05) is 34.3 Å². The van der Waals surface area contributed by atoms with E-state index in [1.165, 1.54) is 16.4 Å². The van der Waals surface area contributed by atoms with Crippen LogP contribution in [0, 0.1) is 6.92 Å². The fourth-order valence-electron chi connectivity index (χ4n) is 0.591. The van der Waals surface area contributed by atoms with Gasteiger partial charge >= 0.3 is 0 Å². The van der Waals surface area contributed by atoms with E-state index >= 15 is 0 Å². The summed E-state index contributed by atoms with van der Waals surface area (Å²) >= 11 is 4.74. The first-order chi connectivity index (χ1) is 5.61. The van der Waals surface area contributed by atoms with E-state index in [9.17, 15) is 0 Å². The van der Waals surface area contributed by atoms with Crippen LogP contribution in [0.15, 0.2) is 16.2 Å². The lowest BCUT2D eigenvalue weighted by molar-refractivity contribution is 0.826. The highest BCUT2D eigenvalue weighted by atomic mass is 79.9. The molecule has 1 aromatic rings. The molecule has 0 aromatic carbocycles. The first kappa shape index (κ1) is 9.60. The molecule has 0 aliphatic heterocycles. The summed E-state index contributed by atoms with van der Waals surface area (Å²) in [5, 5.41) is 8.39. The van der Waals surface area contributed by atoms with Gasteiger partial charge in [0.25, 0.3) is 0 Å². The Morgan fingerprint density at radius 2 is 2.42 bits per heavy atom. The third-order valence-electron chi connectivity index (χ3n) is 1.19. The van der Waals surface area contributed by atoms with Crippen LogP contribution in [0.2, 0.25) is 0 Å². The summed E-state index contributed by atoms with van der Waals surface area (Å²) in [6.45, 7) is 5.51. The first-order valence-electron chi connectivity index (χ1n) is 3.24. The number of nitrogens with zero attached hydrogens (tertiary/aromatic N) is 3. The molecule has 0 saturated heterocycles. The van der Waals surface area contributed by atoms with Gasteiger partial charge in [0.15, 0.2) is 0 Å². The first-order valence-corrected chi connectivity index (χ1v) is 5.02. The number of halogens is 1. The van der Waals surface area contributed by atoms with E-state index in [0.29, 0.717) is 11.0 Å². The van der Waals surface area contributed by atoms with E-state index in [4.69, 9.17) is 5.84 Å². The Labute approximate surface area is 83.3 Å². The van der Waals surface area contributed by atoms with E-state index in [1.807, 2.05) is 0 Å². The van der Waals surface area contributed by atoms with Crippen LogP contribution in [0.3, 0.4) is 0 Å². The van der Waals surface area contributed by atoms with Crippen LogP contribution in [-0.4, -0.2) is 20.6 Å². The largest absolute Gasteiger partial charge is 0.336 e. The third-order valence-corrected chi connectivity index (χ3v) is 2.87. The minimum atomic E-state index is 0.702. The Bertz CT molecular complexity index is 296. The van der Waals surface area contributed by atoms with E-state index < -0.39 is 0 Å². The molecule has 0 bridgehead atoms. The molecule has 0 fully saturated rings. The van der Waals surface area contributed by atoms with Crippen molar-refractivity contribution in [3.05, 3.63) is 16.9 Å². The third kappa shape index (κ3) is 2.25. The van der Waals surface area contributed by atoms with E-state index in [0.717, 1.165) is 10.2 Å². The second-order valence-corrected chi connectivity index (χ2v) is 4.27. The number of thioether (sulfide) groups is 1. The molecule has 0 aliphatic rings. The maximum absolute atomic E-state index is 5.61. The van der Waals surface area contributed by atoms with Gasteiger partial charge in [-0.2, -0.15) is 0 Å². The van der Waals surface area contributed by atoms with Crippen LogP contribution in [0.1, 0.15) is 5.82 Å². The Balaban J connectivity index is 2.63. The molecule has 0 amide bonds. The van der Waals surface area contributed by atoms with Gasteiger partial charge in [-0.15, -0.1) is 10.2 Å². The molecular weight excluding hydrogens is 240 g/mol. The summed E-state index contributed by atoms with van der Waals surface area (Å²) in [5.74, 6) is 7.07. The number of hydrogen-bond donors (Lipinski definition) is 1. The van der Waals surface area contributed by atoms with Crippen LogP contribution in [0.4, 0.5) is 0 Å². The fourth-order valence-corrected chi connectivity index (χ4v) is 1.59. The van der Waals surface area contributed by atoms with E-state index in [1.54, 1.807) is 6.92 Å². The number of rotatable bonds is 3. The molecular formula is C6H9BrN4S. The minimum absolute atomic E-state index is 0.702. The van der Waals surface area contributed by atoms with Crippen molar-refractivity contribution in [1.29, 1.82) is 0 Å². The molecule has 0 atom stereocenters. The monoisotopic (exact) mass is 248 g/mol. The van der Waals surface area contributed by atoms with Gasteiger partial charge in [0.05, 0.1) is 0 Å². The van der Waals surface area contributed by atoms with Gasteiger partial charge in [-0.3, -0.25) is 0 Å². The summed E-state index contributed by atoms with van der Waals surface area (Å²) < 4.78 is 2.37. The zero-order chi connectivity index (χ0) is 9.14. The SMILES string of the molecule is C=C(Br)CSc1nnc(C)n1N. The second-order valence-electron chi connectivity index (χ2n) is 2.21. The van der Waals surface area contributed by atoms with Gasteiger partial charge in [-0.25, -0.2) is 4.68 Å². The van der Waals surface area contributed by atoms with E-state index in [2.05, 4.69) is 32.7 Å². The summed E-state index contributed by atoms with van der Waals surface area (Å²) in [5.41, 5.74) is 0. The smallest absolute Gasteiger partial charge is 0.210 e. The van der Waals surface area contributed by atoms with Crippen LogP contribution in [0.25, 0.3) is 0 Å². The highest BCUT2D eigenvalue weighted by molar-refractivity contribution is 9.11. The molecule has 1 aromatic heterocycles. The van der Waals surface area contributed by atoms with Crippen molar-refractivity contribution in [2.45, 2.75) is 12.1 Å². The number of aryl methyl sites for hydroxylation is 1. The van der Waals surface area contributed by atoms with Crippen molar-refractivity contribution in [2.75, 3.05) is 11.6 Å². The molecule has 1 rings (SSSR count). The lowest BCUT2D eigenvalue weighted by Crippen LogP contribution is -2.11. The molecule has 2 N–H and O–H groups in total. The normalized spacial score (nSPS) is 10.2. The molecule has 4 nitrogen and oxygen atoms in total. The Morgan fingerprint density at radius 1 is 1.75 bits per heavy atom. The average Bonchev–Trinajstić information content (AvgIpc) is 2.30. The van der Waals surface area contributed by atoms with Crippen LogP contribution >= 0.6 is 27.7 Å². The van der Waals surface area contributed by atoms with Crippen LogP contribution in [0.5, 0.6) is 0 Å². The maximum atomic E-state index is 5.61. The number of hydrogen-bond acceptors (Lipinski definition) is 4. The van der Waals surface area contributed by atoms with E-state index in [-0.39, 0.29) is 0 Å². The molecule has 6 heteroatoms. The van der Waals surface area contributed by atoms with Crippen molar-refractivity contribution < 1.29 is 0 Å². The van der Waals surface area contributed by atoms with Crippen LogP contribution < -0.4 is 5.84 Å². The quantitative estimate of drug-likeness (QED) is 0.648. The minimum Gasteiger partial charge on any atom is -0.336 e. The standard InChI is InChI=1S/C6H9BrN4S/c1-4(7)3-12-6-10-9-5(2)11(6)8/h1,3,8H2,2H3. The van der Waals surface area contributed by atoms with Gasteiger partial charge < -0.3 is 5.84 Å². The van der Waals surface area contributed by atoms with Gasteiger partial charge in [0.1, 0.15) is 5.82 Å². The lowest BCUT2D eigenvalue weighted by Gasteiger charge is -1.98. The predicted molar refractivity (Wildman–Crippen MR) is 53.7 cm³/mol. The van der Waals surface area contributed by atoms with Crippen molar-refractivity contribution in [3.63, 3.8) is 0 Å². The molecule has 1 heterocycles. The van der Waals surface area contributed by atoms with Gasteiger partial charge in [0.2, 0.25) is 5.16 Å². The molecule has 0 saturated carbocycles. The summed E-state index contributed by atoms with van der Waals surface area (Å²) in [4.78, 5) is 0. The summed E-state index contributed by atoms with van der Waals surface area (Å²) in [6, 6.07) is 0. The Kier molecular flexibility index (Phi) is 3.16. The lowest BCUT2D eigenvalue weighted by atomic mass is 10.7. The van der Waals surface area contributed by atoms with Gasteiger partial charge in [-0.05, 0) is 11.4 Å². The number of nitrogens with two attached hydrogens (primary N) is 1. The van der Waals surface area contributed by atoms with Crippen LogP contribution in [-0.2, 0) is 0 Å². The molecule has 66 valence electrons. The van der Waals surface area contributed by atoms with Crippen molar-refractivity contribution >= 4 is 27.7 Å². The Morgan fingerprint density at radius 3 is 2.83 bits per heavy atom. The zero-order valence-corrected chi connectivity index (χ0v) is 9.02. The van der Waals surface area contributed by atoms with Crippen molar-refractivity contribution in [3.8, 4) is 0 Å². The predicted octanol–water partition coefficient (Wildman–Crippen LogP) is 1.30. The highest BCUT2D eigenvalue weighted by Crippen LogP contribution is 2.18. The molecule has 0 spiro atoms. The van der Waals surface area contributed by atoms with Gasteiger partial charge in [0, 0.05) is 5.75 Å². The molecule has 0 radical (unpaired) electrons. The topological polar surface area (TPSA) is 56.7 Å². The highest BCUT2D eigenvalue weighted by Gasteiger charge is 2.05. The average molecular weight is 249 g/mol. The summed E-state index contributed by atoms with van der Waals surface area (Å²) in [7, 11) is 0. The number of aromatic nitrogens is 3. The van der Waals surface area contributed by atoms with Crippen molar-refractivity contribution in [1.82, 2.24) is 14.9 Å². The summed E-state index contributed by atoms with van der Waals surface area (Å²) in [6.07, 6.45) is 0. The fraction of sp³-hybridized carbons (Fsp3) is 0.333. The second kappa shape index (κ2) is 3.95. The Hall–Kier alpha value is -0.490. The maximum Gasteiger partial charge on any atom is 0.210 e. The molecule has 12 heavy (non-hydrogen) atoms. The van der Waals surface area contributed by atoms with Crippen molar-refractivity contribution in [2.24, 2.45) is 0 Å². The number of nitrogen functional groups attached to an aromatic ring is 1. The zero-order valence-electron chi connectivity index (χ0n) is 6.62. The molecule has 0 unspecified atom stereocenters. The molecule has 0 aliphatic carbocycles.